The van der Waals surface area contributed by atoms with Gasteiger partial charge in [-0.25, -0.2) is 0 Å². The molecule has 2 amide bonds. The molecule has 5 nitrogen and oxygen atoms in total. The summed E-state index contributed by atoms with van der Waals surface area (Å²) in [4.78, 5) is 27.6. The molecule has 0 aliphatic rings. The molecule has 2 rings (SSSR count). The zero-order valence-corrected chi connectivity index (χ0v) is 18.0. The SMILES string of the molecule is CCCNC(=O)[C@@H](CC)N(Cc1ccc(Cl)cc1)C(=O)Cc1ccc(OC)cc1. The minimum atomic E-state index is -0.525. The maximum absolute atomic E-state index is 13.2. The Bertz CT molecular complexity index is 791. The third-order valence-corrected chi connectivity index (χ3v) is 4.97. The van der Waals surface area contributed by atoms with Crippen molar-refractivity contribution in [3.05, 3.63) is 64.7 Å². The highest BCUT2D eigenvalue weighted by Gasteiger charge is 2.28. The molecule has 0 aromatic heterocycles. The molecule has 0 aliphatic heterocycles. The summed E-state index contributed by atoms with van der Waals surface area (Å²) in [5.74, 6) is 0.527. The van der Waals surface area contributed by atoms with E-state index in [0.29, 0.717) is 24.5 Å². The summed E-state index contributed by atoms with van der Waals surface area (Å²) in [6.07, 6.45) is 1.60. The third kappa shape index (κ3) is 6.79. The average molecular weight is 417 g/mol. The van der Waals surface area contributed by atoms with E-state index in [9.17, 15) is 9.59 Å². The zero-order chi connectivity index (χ0) is 21.2. The lowest BCUT2D eigenvalue weighted by molar-refractivity contribution is -0.140. The number of benzene rings is 2. The first-order chi connectivity index (χ1) is 14.0. The van der Waals surface area contributed by atoms with E-state index in [1.54, 1.807) is 24.1 Å². The molecule has 0 heterocycles. The van der Waals surface area contributed by atoms with Gasteiger partial charge in [0.25, 0.3) is 0 Å². The molecular weight excluding hydrogens is 388 g/mol. The van der Waals surface area contributed by atoms with Gasteiger partial charge < -0.3 is 15.0 Å². The van der Waals surface area contributed by atoms with Crippen LogP contribution in [0.4, 0.5) is 0 Å². The fraction of sp³-hybridized carbons (Fsp3) is 0.391. The maximum Gasteiger partial charge on any atom is 0.242 e. The van der Waals surface area contributed by atoms with E-state index < -0.39 is 6.04 Å². The van der Waals surface area contributed by atoms with E-state index in [-0.39, 0.29) is 18.2 Å². The Morgan fingerprint density at radius 2 is 1.66 bits per heavy atom. The summed E-state index contributed by atoms with van der Waals surface area (Å²) in [6.45, 7) is 4.87. The molecule has 1 N–H and O–H groups in total. The molecule has 0 saturated heterocycles. The molecule has 0 bridgehead atoms. The summed E-state index contributed by atoms with van der Waals surface area (Å²) in [5.41, 5.74) is 1.81. The van der Waals surface area contributed by atoms with Crippen molar-refractivity contribution in [1.82, 2.24) is 10.2 Å². The predicted octanol–water partition coefficient (Wildman–Crippen LogP) is 4.22. The first-order valence-electron chi connectivity index (χ1n) is 9.93. The normalized spacial score (nSPS) is 11.6. The third-order valence-electron chi connectivity index (χ3n) is 4.72. The van der Waals surface area contributed by atoms with Crippen LogP contribution in [0.2, 0.25) is 5.02 Å². The van der Waals surface area contributed by atoms with Crippen molar-refractivity contribution in [2.75, 3.05) is 13.7 Å². The fourth-order valence-corrected chi connectivity index (χ4v) is 3.22. The van der Waals surface area contributed by atoms with Gasteiger partial charge in [0.05, 0.1) is 13.5 Å². The van der Waals surface area contributed by atoms with Crippen LogP contribution in [0.3, 0.4) is 0 Å². The van der Waals surface area contributed by atoms with Crippen LogP contribution >= 0.6 is 11.6 Å². The molecule has 2 aromatic rings. The van der Waals surface area contributed by atoms with Crippen LogP contribution < -0.4 is 10.1 Å². The van der Waals surface area contributed by atoms with Crippen molar-refractivity contribution >= 4 is 23.4 Å². The molecular formula is C23H29ClN2O3. The molecule has 0 fully saturated rings. The van der Waals surface area contributed by atoms with E-state index in [4.69, 9.17) is 16.3 Å². The van der Waals surface area contributed by atoms with Gasteiger partial charge in [-0.2, -0.15) is 0 Å². The zero-order valence-electron chi connectivity index (χ0n) is 17.3. The monoisotopic (exact) mass is 416 g/mol. The number of methoxy groups -OCH3 is 1. The molecule has 0 unspecified atom stereocenters. The number of nitrogens with zero attached hydrogens (tertiary/aromatic N) is 1. The Kier molecular flexibility index (Phi) is 9.00. The number of hydrogen-bond acceptors (Lipinski definition) is 3. The summed E-state index contributed by atoms with van der Waals surface area (Å²) >= 11 is 5.99. The quantitative estimate of drug-likeness (QED) is 0.630. The molecule has 156 valence electrons. The number of rotatable bonds is 10. The number of carbonyl (C=O) groups excluding carboxylic acids is 2. The smallest absolute Gasteiger partial charge is 0.242 e. The maximum atomic E-state index is 13.2. The highest BCUT2D eigenvalue weighted by atomic mass is 35.5. The lowest BCUT2D eigenvalue weighted by Crippen LogP contribution is -2.49. The molecule has 0 aliphatic carbocycles. The number of hydrogen-bond donors (Lipinski definition) is 1. The minimum Gasteiger partial charge on any atom is -0.497 e. The first-order valence-corrected chi connectivity index (χ1v) is 10.3. The number of halogens is 1. The van der Waals surface area contributed by atoms with Crippen LogP contribution in [0.1, 0.15) is 37.8 Å². The second kappa shape index (κ2) is 11.5. The summed E-state index contributed by atoms with van der Waals surface area (Å²) in [5, 5.41) is 3.56. The van der Waals surface area contributed by atoms with Crippen LogP contribution in [0.25, 0.3) is 0 Å². The van der Waals surface area contributed by atoms with Gasteiger partial charge in [-0.15, -0.1) is 0 Å². The average Bonchev–Trinajstić information content (AvgIpc) is 2.74. The lowest BCUT2D eigenvalue weighted by Gasteiger charge is -2.31. The lowest BCUT2D eigenvalue weighted by atomic mass is 10.1. The van der Waals surface area contributed by atoms with Crippen LogP contribution in [0.5, 0.6) is 5.75 Å². The standard InChI is InChI=1S/C23H29ClN2O3/c1-4-14-25-23(28)21(5-2)26(16-18-6-10-19(24)11-7-18)22(27)15-17-8-12-20(29-3)13-9-17/h6-13,21H,4-5,14-16H2,1-3H3,(H,25,28)/t21-/m1/s1. The van der Waals surface area contributed by atoms with Crippen molar-refractivity contribution in [1.29, 1.82) is 0 Å². The van der Waals surface area contributed by atoms with E-state index >= 15 is 0 Å². The van der Waals surface area contributed by atoms with Gasteiger partial charge in [0.15, 0.2) is 0 Å². The van der Waals surface area contributed by atoms with Gasteiger partial charge in [-0.3, -0.25) is 9.59 Å². The molecule has 0 saturated carbocycles. The Morgan fingerprint density at radius 3 is 2.21 bits per heavy atom. The second-order valence-corrected chi connectivity index (χ2v) is 7.32. The van der Waals surface area contributed by atoms with E-state index in [1.165, 1.54) is 0 Å². The molecule has 6 heteroatoms. The number of carbonyl (C=O) groups is 2. The van der Waals surface area contributed by atoms with E-state index in [1.807, 2.05) is 50.2 Å². The number of nitrogens with one attached hydrogen (secondary N) is 1. The molecule has 0 radical (unpaired) electrons. The molecule has 1 atom stereocenters. The van der Waals surface area contributed by atoms with Crippen LogP contribution in [-0.4, -0.2) is 36.4 Å². The van der Waals surface area contributed by atoms with Crippen molar-refractivity contribution in [3.8, 4) is 5.75 Å². The summed E-state index contributed by atoms with van der Waals surface area (Å²) in [7, 11) is 1.61. The van der Waals surface area contributed by atoms with E-state index in [2.05, 4.69) is 5.32 Å². The Morgan fingerprint density at radius 1 is 1.03 bits per heavy atom. The fourth-order valence-electron chi connectivity index (χ4n) is 3.09. The molecule has 0 spiro atoms. The van der Waals surface area contributed by atoms with Crippen LogP contribution in [0.15, 0.2) is 48.5 Å². The minimum absolute atomic E-state index is 0.0939. The van der Waals surface area contributed by atoms with Crippen molar-refractivity contribution in [3.63, 3.8) is 0 Å². The van der Waals surface area contributed by atoms with Gasteiger partial charge in [-0.1, -0.05) is 49.7 Å². The van der Waals surface area contributed by atoms with E-state index in [0.717, 1.165) is 23.3 Å². The molecule has 29 heavy (non-hydrogen) atoms. The van der Waals surface area contributed by atoms with Crippen molar-refractivity contribution in [2.24, 2.45) is 0 Å². The first kappa shape index (κ1) is 22.8. The summed E-state index contributed by atoms with van der Waals surface area (Å²) < 4.78 is 5.18. The largest absolute Gasteiger partial charge is 0.497 e. The topological polar surface area (TPSA) is 58.6 Å². The van der Waals surface area contributed by atoms with Crippen molar-refractivity contribution in [2.45, 2.75) is 45.7 Å². The van der Waals surface area contributed by atoms with Gasteiger partial charge in [0.2, 0.25) is 11.8 Å². The molecule has 2 aromatic carbocycles. The van der Waals surface area contributed by atoms with Crippen LogP contribution in [0, 0.1) is 0 Å². The van der Waals surface area contributed by atoms with Gasteiger partial charge in [-0.05, 0) is 48.2 Å². The second-order valence-electron chi connectivity index (χ2n) is 6.89. The predicted molar refractivity (Wildman–Crippen MR) is 116 cm³/mol. The van der Waals surface area contributed by atoms with Crippen molar-refractivity contribution < 1.29 is 14.3 Å². The Balaban J connectivity index is 2.23. The van der Waals surface area contributed by atoms with Gasteiger partial charge >= 0.3 is 0 Å². The number of ether oxygens (including phenoxy) is 1. The van der Waals surface area contributed by atoms with Gasteiger partial charge in [0.1, 0.15) is 11.8 Å². The number of amides is 2. The highest BCUT2D eigenvalue weighted by Crippen LogP contribution is 2.18. The highest BCUT2D eigenvalue weighted by molar-refractivity contribution is 6.30. The Labute approximate surface area is 178 Å². The Hall–Kier alpha value is -2.53. The van der Waals surface area contributed by atoms with Gasteiger partial charge in [0, 0.05) is 18.1 Å². The van der Waals surface area contributed by atoms with Crippen LogP contribution in [-0.2, 0) is 22.6 Å². The summed E-state index contributed by atoms with van der Waals surface area (Å²) in [6, 6.07) is 14.2.